The van der Waals surface area contributed by atoms with Crippen molar-refractivity contribution in [1.29, 1.82) is 0 Å². The van der Waals surface area contributed by atoms with Gasteiger partial charge in [0, 0.05) is 24.9 Å². The van der Waals surface area contributed by atoms with E-state index in [4.69, 9.17) is 4.74 Å². The van der Waals surface area contributed by atoms with E-state index in [9.17, 15) is 4.79 Å². The summed E-state index contributed by atoms with van der Waals surface area (Å²) >= 11 is 0. The molecule has 0 saturated heterocycles. The van der Waals surface area contributed by atoms with Crippen LogP contribution < -0.4 is 10.4 Å². The normalized spacial score (nSPS) is 10.5. The molecule has 0 aliphatic carbocycles. The zero-order chi connectivity index (χ0) is 13.8. The van der Waals surface area contributed by atoms with Gasteiger partial charge in [0.25, 0.3) is 0 Å². The summed E-state index contributed by atoms with van der Waals surface area (Å²) in [4.78, 5) is 15.7. The van der Waals surface area contributed by atoms with E-state index in [0.717, 1.165) is 23.4 Å². The minimum atomic E-state index is -0.182. The molecule has 1 heterocycles. The summed E-state index contributed by atoms with van der Waals surface area (Å²) in [6.45, 7) is 4.46. The predicted molar refractivity (Wildman–Crippen MR) is 74.7 cm³/mol. The second-order valence-corrected chi connectivity index (χ2v) is 4.44. The molecule has 1 aromatic carbocycles. The van der Waals surface area contributed by atoms with Gasteiger partial charge in [-0.15, -0.1) is 0 Å². The fourth-order valence-corrected chi connectivity index (χ4v) is 1.98. The highest BCUT2D eigenvalue weighted by atomic mass is 16.5. The second-order valence-electron chi connectivity index (χ2n) is 4.44. The highest BCUT2D eigenvalue weighted by Gasteiger charge is 2.05. The van der Waals surface area contributed by atoms with E-state index >= 15 is 0 Å². The number of hydrogen-bond acceptors (Lipinski definition) is 3. The van der Waals surface area contributed by atoms with Crippen LogP contribution in [0, 0.1) is 6.92 Å². The minimum absolute atomic E-state index is 0.182. The maximum Gasteiger partial charge on any atom is 0.347 e. The molecule has 0 fully saturated rings. The van der Waals surface area contributed by atoms with Gasteiger partial charge in [-0.25, -0.2) is 4.79 Å². The predicted octanol–water partition coefficient (Wildman–Crippen LogP) is 2.17. The summed E-state index contributed by atoms with van der Waals surface area (Å²) in [7, 11) is 1.65. The Bertz CT molecular complexity index is 615. The number of rotatable bonds is 4. The van der Waals surface area contributed by atoms with Crippen LogP contribution in [0.15, 0.2) is 35.3 Å². The van der Waals surface area contributed by atoms with Crippen molar-refractivity contribution >= 4 is 0 Å². The first kappa shape index (κ1) is 13.3. The third-order valence-corrected chi connectivity index (χ3v) is 3.18. The maximum atomic E-state index is 11.6. The monoisotopic (exact) mass is 258 g/mol. The van der Waals surface area contributed by atoms with Crippen LogP contribution in [-0.4, -0.2) is 16.7 Å². The summed E-state index contributed by atoms with van der Waals surface area (Å²) in [5, 5.41) is 0. The number of aromatic nitrogens is 2. The van der Waals surface area contributed by atoms with Gasteiger partial charge in [0.1, 0.15) is 5.75 Å². The third-order valence-electron chi connectivity index (χ3n) is 3.18. The van der Waals surface area contributed by atoms with Gasteiger partial charge in [0.15, 0.2) is 0 Å². The lowest BCUT2D eigenvalue weighted by Crippen LogP contribution is -2.23. The molecule has 0 saturated carbocycles. The molecule has 0 spiro atoms. The van der Waals surface area contributed by atoms with Crippen molar-refractivity contribution in [2.75, 3.05) is 7.11 Å². The number of ether oxygens (including phenoxy) is 1. The van der Waals surface area contributed by atoms with Crippen molar-refractivity contribution in [1.82, 2.24) is 9.55 Å². The first-order chi connectivity index (χ1) is 9.13. The number of benzene rings is 1. The summed E-state index contributed by atoms with van der Waals surface area (Å²) < 4.78 is 6.77. The Labute approximate surface area is 112 Å². The quantitative estimate of drug-likeness (QED) is 0.844. The molecule has 4 heteroatoms. The molecule has 2 rings (SSSR count). The lowest BCUT2D eigenvalue weighted by molar-refractivity contribution is 0.414. The number of hydrogen-bond donors (Lipinski definition) is 0. The number of methoxy groups -OCH3 is 1. The molecule has 0 unspecified atom stereocenters. The molecule has 2 aromatic rings. The van der Waals surface area contributed by atoms with Gasteiger partial charge in [0.05, 0.1) is 7.11 Å². The Morgan fingerprint density at radius 3 is 2.53 bits per heavy atom. The van der Waals surface area contributed by atoms with Gasteiger partial charge in [0.2, 0.25) is 0 Å². The molecule has 0 N–H and O–H groups in total. The Morgan fingerprint density at radius 1 is 1.26 bits per heavy atom. The lowest BCUT2D eigenvalue weighted by Gasteiger charge is -2.09. The maximum absolute atomic E-state index is 11.6. The van der Waals surface area contributed by atoms with E-state index in [0.29, 0.717) is 6.54 Å². The molecule has 0 atom stereocenters. The van der Waals surface area contributed by atoms with Gasteiger partial charge in [-0.3, -0.25) is 4.57 Å². The second kappa shape index (κ2) is 5.69. The Hall–Kier alpha value is -2.10. The topological polar surface area (TPSA) is 44.1 Å². The van der Waals surface area contributed by atoms with Crippen LogP contribution in [0.4, 0.5) is 0 Å². The van der Waals surface area contributed by atoms with Crippen LogP contribution in [-0.2, 0) is 13.0 Å². The van der Waals surface area contributed by atoms with Gasteiger partial charge in [-0.2, -0.15) is 4.98 Å². The SMILES string of the molecule is CCn1cc(Cc2ccc(OC)cc2)c(C)nc1=O. The molecule has 0 radical (unpaired) electrons. The van der Waals surface area contributed by atoms with Gasteiger partial charge >= 0.3 is 5.69 Å². The highest BCUT2D eigenvalue weighted by Crippen LogP contribution is 2.15. The summed E-state index contributed by atoms with van der Waals surface area (Å²) in [6.07, 6.45) is 2.66. The van der Waals surface area contributed by atoms with Crippen molar-refractivity contribution in [3.63, 3.8) is 0 Å². The van der Waals surface area contributed by atoms with E-state index < -0.39 is 0 Å². The highest BCUT2D eigenvalue weighted by molar-refractivity contribution is 5.31. The van der Waals surface area contributed by atoms with E-state index in [-0.39, 0.29) is 5.69 Å². The number of nitrogens with zero attached hydrogens (tertiary/aromatic N) is 2. The van der Waals surface area contributed by atoms with Gasteiger partial charge in [-0.05, 0) is 37.1 Å². The van der Waals surface area contributed by atoms with Gasteiger partial charge in [-0.1, -0.05) is 12.1 Å². The summed E-state index contributed by atoms with van der Waals surface area (Å²) in [5.74, 6) is 0.845. The average Bonchev–Trinajstić information content (AvgIpc) is 2.42. The van der Waals surface area contributed by atoms with Gasteiger partial charge < -0.3 is 4.74 Å². The molecule has 4 nitrogen and oxygen atoms in total. The van der Waals surface area contributed by atoms with Crippen LogP contribution in [0.25, 0.3) is 0 Å². The van der Waals surface area contributed by atoms with Crippen LogP contribution in [0.2, 0.25) is 0 Å². The van der Waals surface area contributed by atoms with Crippen molar-refractivity contribution in [3.05, 3.63) is 57.8 Å². The molecule has 0 amide bonds. The molecule has 100 valence electrons. The van der Waals surface area contributed by atoms with E-state index in [1.54, 1.807) is 11.7 Å². The zero-order valence-electron chi connectivity index (χ0n) is 11.5. The molecular weight excluding hydrogens is 240 g/mol. The smallest absolute Gasteiger partial charge is 0.347 e. The molecule has 0 aliphatic rings. The van der Waals surface area contributed by atoms with Crippen LogP contribution in [0.3, 0.4) is 0 Å². The minimum Gasteiger partial charge on any atom is -0.497 e. The Kier molecular flexibility index (Phi) is 4.00. The lowest BCUT2D eigenvalue weighted by atomic mass is 10.1. The molecular formula is C15H18N2O2. The first-order valence-electron chi connectivity index (χ1n) is 6.34. The van der Waals surface area contributed by atoms with Crippen LogP contribution >= 0.6 is 0 Å². The largest absolute Gasteiger partial charge is 0.497 e. The third kappa shape index (κ3) is 3.02. The molecule has 19 heavy (non-hydrogen) atoms. The van der Waals surface area contributed by atoms with Crippen molar-refractivity contribution in [3.8, 4) is 5.75 Å². The average molecular weight is 258 g/mol. The molecule has 0 bridgehead atoms. The standard InChI is InChI=1S/C15H18N2O2/c1-4-17-10-13(11(2)16-15(17)18)9-12-5-7-14(19-3)8-6-12/h5-8,10H,4,9H2,1-3H3. The molecule has 0 aliphatic heterocycles. The van der Waals surface area contributed by atoms with Crippen LogP contribution in [0.1, 0.15) is 23.7 Å². The van der Waals surface area contributed by atoms with E-state index in [2.05, 4.69) is 4.98 Å². The summed E-state index contributed by atoms with van der Waals surface area (Å²) in [5.41, 5.74) is 2.86. The van der Waals surface area contributed by atoms with Crippen molar-refractivity contribution in [2.45, 2.75) is 26.8 Å². The Morgan fingerprint density at radius 2 is 1.95 bits per heavy atom. The van der Waals surface area contributed by atoms with E-state index in [1.165, 1.54) is 5.56 Å². The van der Waals surface area contributed by atoms with Crippen molar-refractivity contribution < 1.29 is 4.74 Å². The van der Waals surface area contributed by atoms with E-state index in [1.807, 2.05) is 44.3 Å². The number of aryl methyl sites for hydroxylation is 2. The summed E-state index contributed by atoms with van der Waals surface area (Å²) in [6, 6.07) is 7.93. The zero-order valence-corrected chi connectivity index (χ0v) is 11.5. The Balaban J connectivity index is 2.29. The fraction of sp³-hybridized carbons (Fsp3) is 0.333. The van der Waals surface area contributed by atoms with Crippen LogP contribution in [0.5, 0.6) is 5.75 Å². The van der Waals surface area contributed by atoms with Crippen molar-refractivity contribution in [2.24, 2.45) is 0 Å². The molecule has 1 aromatic heterocycles. The fourth-order valence-electron chi connectivity index (χ4n) is 1.98. The first-order valence-corrected chi connectivity index (χ1v) is 6.34.